The zero-order valence-electron chi connectivity index (χ0n) is 19.1. The van der Waals surface area contributed by atoms with Gasteiger partial charge in [0.05, 0.1) is 0 Å². The van der Waals surface area contributed by atoms with Crippen LogP contribution < -0.4 is 15.3 Å². The first-order valence-electron chi connectivity index (χ1n) is 9.54. The molecule has 0 spiro atoms. The Balaban J connectivity index is -0.000000132. The van der Waals surface area contributed by atoms with Crippen molar-refractivity contribution in [1.82, 2.24) is 0 Å². The van der Waals surface area contributed by atoms with Crippen LogP contribution in [0.1, 0.15) is 95.4 Å². The van der Waals surface area contributed by atoms with Crippen molar-refractivity contribution in [3.05, 3.63) is 22.8 Å². The second kappa shape index (κ2) is 18.4. The van der Waals surface area contributed by atoms with Gasteiger partial charge in [-0.15, -0.1) is 25.2 Å². The molecule has 0 heterocycles. The number of hydrogen-bond donors (Lipinski definition) is 0. The summed E-state index contributed by atoms with van der Waals surface area (Å²) in [6, 6.07) is 0. The molecule has 0 aromatic carbocycles. The second-order valence-corrected chi connectivity index (χ2v) is 7.28. The Morgan fingerprint density at radius 2 is 1.00 bits per heavy atom. The van der Waals surface area contributed by atoms with Crippen molar-refractivity contribution in [2.45, 2.75) is 114 Å². The van der Waals surface area contributed by atoms with Crippen molar-refractivity contribution in [3.63, 3.8) is 0 Å². The van der Waals surface area contributed by atoms with Crippen molar-refractivity contribution in [3.8, 4) is 0 Å². The molecular formula is C22H42O3Ti. The number of rotatable bonds is 3. The van der Waals surface area contributed by atoms with E-state index in [1.165, 1.54) is 16.7 Å². The van der Waals surface area contributed by atoms with Crippen LogP contribution in [0.5, 0.6) is 0 Å². The van der Waals surface area contributed by atoms with Gasteiger partial charge in [0.1, 0.15) is 0 Å². The van der Waals surface area contributed by atoms with Crippen molar-refractivity contribution in [2.24, 2.45) is 5.41 Å². The molecule has 0 amide bonds. The molecule has 0 fully saturated rings. The summed E-state index contributed by atoms with van der Waals surface area (Å²) in [4.78, 5) is 0. The van der Waals surface area contributed by atoms with E-state index in [1.54, 1.807) is 20.8 Å². The molecule has 0 radical (unpaired) electrons. The summed E-state index contributed by atoms with van der Waals surface area (Å²) < 4.78 is 0. The fraction of sp³-hybridized carbons (Fsp3) is 0.818. The summed E-state index contributed by atoms with van der Waals surface area (Å²) in [5.74, 6) is 0. The summed E-state index contributed by atoms with van der Waals surface area (Å²) in [5, 5.41) is 29.7. The molecule has 0 saturated heterocycles. The SMILES string of the molecule is CC1=[C-]C(C)(C)C(C)=C1C.CCC(C)[O-].CCC(C)[O-].CCC(C)[O-].[Ti+4]. The second-order valence-electron chi connectivity index (χ2n) is 7.28. The smallest absolute Gasteiger partial charge is 0.852 e. The average molecular weight is 402 g/mol. The summed E-state index contributed by atoms with van der Waals surface area (Å²) in [6.45, 7) is 21.6. The summed E-state index contributed by atoms with van der Waals surface area (Å²) in [6.07, 6.45) is 4.59. The van der Waals surface area contributed by atoms with Gasteiger partial charge in [-0.3, -0.25) is 6.08 Å². The molecule has 1 aliphatic rings. The molecule has 1 rings (SSSR count). The molecule has 0 bridgehead atoms. The molecule has 3 atom stereocenters. The molecule has 3 nitrogen and oxygen atoms in total. The van der Waals surface area contributed by atoms with Gasteiger partial charge in [0.25, 0.3) is 0 Å². The van der Waals surface area contributed by atoms with Crippen molar-refractivity contribution in [2.75, 3.05) is 0 Å². The third kappa shape index (κ3) is 20.4. The fourth-order valence-electron chi connectivity index (χ4n) is 1.41. The van der Waals surface area contributed by atoms with Crippen molar-refractivity contribution >= 4 is 0 Å². The zero-order valence-corrected chi connectivity index (χ0v) is 20.6. The molecule has 0 saturated carbocycles. The first-order chi connectivity index (χ1) is 11.3. The van der Waals surface area contributed by atoms with Crippen LogP contribution in [0.2, 0.25) is 0 Å². The van der Waals surface area contributed by atoms with E-state index in [9.17, 15) is 15.3 Å². The Kier molecular flexibility index (Phi) is 23.9. The first-order valence-corrected chi connectivity index (χ1v) is 9.54. The fourth-order valence-corrected chi connectivity index (χ4v) is 1.41. The third-order valence-corrected chi connectivity index (χ3v) is 4.29. The minimum Gasteiger partial charge on any atom is -0.852 e. The topological polar surface area (TPSA) is 69.2 Å². The normalized spacial score (nSPS) is 17.7. The van der Waals surface area contributed by atoms with Gasteiger partial charge in [0, 0.05) is 0 Å². The molecule has 152 valence electrons. The van der Waals surface area contributed by atoms with Crippen molar-refractivity contribution < 1.29 is 37.0 Å². The van der Waals surface area contributed by atoms with Gasteiger partial charge in [0.2, 0.25) is 0 Å². The number of allylic oxidation sites excluding steroid dienone is 4. The standard InChI is InChI=1S/C10H15.3C4H9O.Ti/c1-7-6-10(4,5)9(3)8(7)2;3*1-3-4(2)5;/h1-5H3;3*4H,3H2,1-2H3;/q4*-1;+4. The van der Waals surface area contributed by atoms with E-state index in [4.69, 9.17) is 0 Å². The van der Waals surface area contributed by atoms with Crippen molar-refractivity contribution in [1.29, 1.82) is 0 Å². The molecule has 0 aromatic rings. The quantitative estimate of drug-likeness (QED) is 0.536. The van der Waals surface area contributed by atoms with Gasteiger partial charge in [-0.25, -0.2) is 5.57 Å². The predicted molar refractivity (Wildman–Crippen MR) is 104 cm³/mol. The molecule has 4 heteroatoms. The van der Waals surface area contributed by atoms with Crippen LogP contribution in [0.3, 0.4) is 0 Å². The Bertz CT molecular complexity index is 362. The maximum absolute atomic E-state index is 9.90. The summed E-state index contributed by atoms with van der Waals surface area (Å²) in [5.41, 5.74) is 4.39. The molecule has 1 aliphatic carbocycles. The third-order valence-electron chi connectivity index (χ3n) is 4.29. The minimum absolute atomic E-state index is 0. The summed E-state index contributed by atoms with van der Waals surface area (Å²) in [7, 11) is 0. The maximum Gasteiger partial charge on any atom is 4.00 e. The minimum atomic E-state index is -0.366. The van der Waals surface area contributed by atoms with E-state index in [0.717, 1.165) is 19.3 Å². The molecule has 3 unspecified atom stereocenters. The van der Waals surface area contributed by atoms with E-state index in [2.05, 4.69) is 40.7 Å². The van der Waals surface area contributed by atoms with Crippen LogP contribution in [-0.2, 0) is 21.7 Å². The van der Waals surface area contributed by atoms with Crippen LogP contribution in [0.4, 0.5) is 0 Å². The van der Waals surface area contributed by atoms with Crippen LogP contribution in [-0.4, -0.2) is 18.3 Å². The monoisotopic (exact) mass is 402 g/mol. The van der Waals surface area contributed by atoms with Crippen LogP contribution in [0.15, 0.2) is 16.7 Å². The molecule has 0 aliphatic heterocycles. The van der Waals surface area contributed by atoms with Gasteiger partial charge in [-0.1, -0.05) is 93.9 Å². The van der Waals surface area contributed by atoms with E-state index in [-0.39, 0.29) is 45.4 Å². The van der Waals surface area contributed by atoms with E-state index in [0.29, 0.717) is 0 Å². The molecule has 0 N–H and O–H groups in total. The predicted octanol–water partition coefficient (Wildman–Crippen LogP) is 3.55. The van der Waals surface area contributed by atoms with Gasteiger partial charge in [-0.05, 0) is 0 Å². The average Bonchev–Trinajstić information content (AvgIpc) is 2.70. The molecular weight excluding hydrogens is 360 g/mol. The number of hydrogen-bond acceptors (Lipinski definition) is 3. The molecule has 26 heavy (non-hydrogen) atoms. The van der Waals surface area contributed by atoms with Gasteiger partial charge < -0.3 is 15.3 Å². The van der Waals surface area contributed by atoms with Gasteiger partial charge in [0.15, 0.2) is 0 Å². The van der Waals surface area contributed by atoms with E-state index >= 15 is 0 Å². The Morgan fingerprint density at radius 3 is 1.04 bits per heavy atom. The van der Waals surface area contributed by atoms with Gasteiger partial charge in [-0.2, -0.15) is 11.1 Å². The van der Waals surface area contributed by atoms with E-state index < -0.39 is 0 Å². The summed E-state index contributed by atoms with van der Waals surface area (Å²) >= 11 is 0. The first kappa shape index (κ1) is 33.6. The van der Waals surface area contributed by atoms with E-state index in [1.807, 2.05) is 20.8 Å². The Hall–Kier alpha value is 0.0743. The maximum atomic E-state index is 9.90. The Morgan fingerprint density at radius 1 is 0.769 bits per heavy atom. The van der Waals surface area contributed by atoms with Gasteiger partial charge >= 0.3 is 21.7 Å². The zero-order chi connectivity index (χ0) is 20.8. The molecule has 0 aromatic heterocycles. The van der Waals surface area contributed by atoms with Crippen LogP contribution in [0.25, 0.3) is 0 Å². The van der Waals surface area contributed by atoms with Crippen LogP contribution >= 0.6 is 0 Å². The largest absolute Gasteiger partial charge is 4.00 e. The Labute approximate surface area is 178 Å². The van der Waals surface area contributed by atoms with Crippen LogP contribution in [0, 0.1) is 11.5 Å².